The van der Waals surface area contributed by atoms with Crippen molar-refractivity contribution in [2.45, 2.75) is 46.1 Å². The minimum atomic E-state index is 0.330. The number of nitrogens with one attached hydrogen (secondary N) is 1. The van der Waals surface area contributed by atoms with Crippen molar-refractivity contribution in [2.24, 2.45) is 0 Å². The standard InChI is InChI=1S/C18H25NS/c1-5-11-19-17(18-14(4)10-12-20-18)16-8-6-15(7-9-16)13(2)3/h6-10,12-13,17,19H,5,11H2,1-4H3. The van der Waals surface area contributed by atoms with Crippen LogP contribution < -0.4 is 5.32 Å². The largest absolute Gasteiger partial charge is 0.306 e. The van der Waals surface area contributed by atoms with Crippen LogP contribution in [0.3, 0.4) is 0 Å². The lowest BCUT2D eigenvalue weighted by atomic mass is 9.97. The highest BCUT2D eigenvalue weighted by atomic mass is 32.1. The van der Waals surface area contributed by atoms with Crippen molar-refractivity contribution in [1.29, 1.82) is 0 Å². The normalized spacial score (nSPS) is 12.8. The zero-order valence-electron chi connectivity index (χ0n) is 12.9. The molecule has 1 heterocycles. The fraction of sp³-hybridized carbons (Fsp3) is 0.444. The molecule has 0 saturated heterocycles. The first-order valence-corrected chi connectivity index (χ1v) is 8.38. The summed E-state index contributed by atoms with van der Waals surface area (Å²) >= 11 is 1.85. The predicted octanol–water partition coefficient (Wildman–Crippen LogP) is 5.27. The van der Waals surface area contributed by atoms with Crippen molar-refractivity contribution >= 4 is 11.3 Å². The van der Waals surface area contributed by atoms with Gasteiger partial charge < -0.3 is 5.32 Å². The highest BCUT2D eigenvalue weighted by Crippen LogP contribution is 2.30. The minimum Gasteiger partial charge on any atom is -0.306 e. The summed E-state index contributed by atoms with van der Waals surface area (Å²) in [5, 5.41) is 5.88. The van der Waals surface area contributed by atoms with Gasteiger partial charge in [-0.15, -0.1) is 11.3 Å². The Morgan fingerprint density at radius 3 is 2.20 bits per heavy atom. The SMILES string of the molecule is CCCNC(c1ccc(C(C)C)cc1)c1sccc1C. The van der Waals surface area contributed by atoms with Crippen molar-refractivity contribution in [3.63, 3.8) is 0 Å². The average Bonchev–Trinajstić information content (AvgIpc) is 2.86. The van der Waals surface area contributed by atoms with Crippen LogP contribution in [-0.4, -0.2) is 6.54 Å². The summed E-state index contributed by atoms with van der Waals surface area (Å²) in [5.41, 5.74) is 4.16. The molecule has 0 fully saturated rings. The highest BCUT2D eigenvalue weighted by molar-refractivity contribution is 7.10. The molecule has 1 atom stereocenters. The number of thiophene rings is 1. The Morgan fingerprint density at radius 2 is 1.70 bits per heavy atom. The Kier molecular flexibility index (Phi) is 5.38. The molecule has 0 aliphatic heterocycles. The van der Waals surface area contributed by atoms with Gasteiger partial charge in [0.2, 0.25) is 0 Å². The van der Waals surface area contributed by atoms with Gasteiger partial charge in [0, 0.05) is 4.88 Å². The molecule has 1 nitrogen and oxygen atoms in total. The number of benzene rings is 1. The maximum Gasteiger partial charge on any atom is 0.0673 e. The van der Waals surface area contributed by atoms with E-state index in [1.807, 2.05) is 11.3 Å². The van der Waals surface area contributed by atoms with Gasteiger partial charge in [0.1, 0.15) is 0 Å². The van der Waals surface area contributed by atoms with E-state index in [1.54, 1.807) is 0 Å². The van der Waals surface area contributed by atoms with Crippen LogP contribution in [0.25, 0.3) is 0 Å². The van der Waals surface area contributed by atoms with Crippen molar-refractivity contribution in [1.82, 2.24) is 5.32 Å². The maximum atomic E-state index is 3.69. The van der Waals surface area contributed by atoms with E-state index < -0.39 is 0 Å². The Bertz CT molecular complexity index is 525. The van der Waals surface area contributed by atoms with Gasteiger partial charge in [-0.25, -0.2) is 0 Å². The molecular weight excluding hydrogens is 262 g/mol. The molecule has 1 aromatic carbocycles. The summed E-state index contributed by atoms with van der Waals surface area (Å²) in [7, 11) is 0. The van der Waals surface area contributed by atoms with E-state index in [1.165, 1.54) is 21.6 Å². The van der Waals surface area contributed by atoms with E-state index >= 15 is 0 Å². The zero-order valence-corrected chi connectivity index (χ0v) is 13.8. The predicted molar refractivity (Wildman–Crippen MR) is 89.7 cm³/mol. The van der Waals surface area contributed by atoms with Gasteiger partial charge in [-0.05, 0) is 53.9 Å². The Labute approximate surface area is 127 Å². The van der Waals surface area contributed by atoms with E-state index in [2.05, 4.69) is 68.7 Å². The number of rotatable bonds is 6. The van der Waals surface area contributed by atoms with Crippen LogP contribution in [-0.2, 0) is 0 Å². The van der Waals surface area contributed by atoms with Gasteiger partial charge in [-0.3, -0.25) is 0 Å². The van der Waals surface area contributed by atoms with Crippen molar-refractivity contribution < 1.29 is 0 Å². The summed E-state index contributed by atoms with van der Waals surface area (Å²) in [6, 6.07) is 11.6. The lowest BCUT2D eigenvalue weighted by Crippen LogP contribution is -2.23. The fourth-order valence-electron chi connectivity index (χ4n) is 2.40. The lowest BCUT2D eigenvalue weighted by Gasteiger charge is -2.19. The van der Waals surface area contributed by atoms with Gasteiger partial charge in [0.25, 0.3) is 0 Å². The number of hydrogen-bond donors (Lipinski definition) is 1. The molecule has 2 rings (SSSR count). The van der Waals surface area contributed by atoms with Gasteiger partial charge in [0.15, 0.2) is 0 Å². The Hall–Kier alpha value is -1.12. The van der Waals surface area contributed by atoms with Crippen molar-refractivity contribution in [2.75, 3.05) is 6.54 Å². The van der Waals surface area contributed by atoms with Crippen LogP contribution in [0.5, 0.6) is 0 Å². The molecule has 0 amide bonds. The van der Waals surface area contributed by atoms with Crippen molar-refractivity contribution in [3.8, 4) is 0 Å². The first-order valence-electron chi connectivity index (χ1n) is 7.50. The monoisotopic (exact) mass is 287 g/mol. The molecule has 0 saturated carbocycles. The van der Waals surface area contributed by atoms with E-state index in [4.69, 9.17) is 0 Å². The van der Waals surface area contributed by atoms with Crippen LogP contribution in [0, 0.1) is 6.92 Å². The third-order valence-electron chi connectivity index (χ3n) is 3.70. The number of hydrogen-bond acceptors (Lipinski definition) is 2. The summed E-state index contributed by atoms with van der Waals surface area (Å²) in [6.07, 6.45) is 1.16. The van der Waals surface area contributed by atoms with Crippen LogP contribution in [0.15, 0.2) is 35.7 Å². The Morgan fingerprint density at radius 1 is 1.05 bits per heavy atom. The molecular formula is C18H25NS. The van der Waals surface area contributed by atoms with Gasteiger partial charge in [-0.2, -0.15) is 0 Å². The topological polar surface area (TPSA) is 12.0 Å². The second kappa shape index (κ2) is 7.05. The summed E-state index contributed by atoms with van der Waals surface area (Å²) in [6.45, 7) is 9.95. The summed E-state index contributed by atoms with van der Waals surface area (Å²) in [5.74, 6) is 0.592. The smallest absolute Gasteiger partial charge is 0.0673 e. The molecule has 2 aromatic rings. The molecule has 108 valence electrons. The Balaban J connectivity index is 2.29. The molecule has 1 N–H and O–H groups in total. The summed E-state index contributed by atoms with van der Waals surface area (Å²) < 4.78 is 0. The third kappa shape index (κ3) is 3.50. The van der Waals surface area contributed by atoms with Gasteiger partial charge in [0.05, 0.1) is 6.04 Å². The minimum absolute atomic E-state index is 0.330. The molecule has 1 unspecified atom stereocenters. The molecule has 0 aliphatic carbocycles. The molecule has 0 radical (unpaired) electrons. The molecule has 1 aromatic heterocycles. The number of aryl methyl sites for hydroxylation is 1. The van der Waals surface area contributed by atoms with E-state index in [0.29, 0.717) is 12.0 Å². The molecule has 0 bridgehead atoms. The molecule has 20 heavy (non-hydrogen) atoms. The van der Waals surface area contributed by atoms with E-state index in [-0.39, 0.29) is 0 Å². The highest BCUT2D eigenvalue weighted by Gasteiger charge is 2.16. The van der Waals surface area contributed by atoms with Crippen molar-refractivity contribution in [3.05, 3.63) is 57.3 Å². The van der Waals surface area contributed by atoms with Crippen LogP contribution in [0.1, 0.15) is 60.7 Å². The molecule has 0 spiro atoms. The second-order valence-corrected chi connectivity index (χ2v) is 6.62. The van der Waals surface area contributed by atoms with Crippen LogP contribution >= 0.6 is 11.3 Å². The quantitative estimate of drug-likeness (QED) is 0.763. The first kappa shape index (κ1) is 15.3. The molecule has 0 aliphatic rings. The first-order chi connectivity index (χ1) is 9.63. The van der Waals surface area contributed by atoms with Gasteiger partial charge in [-0.1, -0.05) is 45.0 Å². The fourth-order valence-corrected chi connectivity index (χ4v) is 3.43. The summed E-state index contributed by atoms with van der Waals surface area (Å²) in [4.78, 5) is 1.44. The average molecular weight is 287 g/mol. The van der Waals surface area contributed by atoms with Crippen LogP contribution in [0.2, 0.25) is 0 Å². The van der Waals surface area contributed by atoms with E-state index in [9.17, 15) is 0 Å². The second-order valence-electron chi connectivity index (χ2n) is 5.68. The van der Waals surface area contributed by atoms with Gasteiger partial charge >= 0.3 is 0 Å². The molecule has 2 heteroatoms. The zero-order chi connectivity index (χ0) is 14.5. The van der Waals surface area contributed by atoms with Crippen LogP contribution in [0.4, 0.5) is 0 Å². The lowest BCUT2D eigenvalue weighted by molar-refractivity contribution is 0.603. The maximum absolute atomic E-state index is 3.69. The van der Waals surface area contributed by atoms with E-state index in [0.717, 1.165) is 13.0 Å². The third-order valence-corrected chi connectivity index (χ3v) is 4.78.